The second kappa shape index (κ2) is 4.87. The zero-order valence-corrected chi connectivity index (χ0v) is 11.4. The van der Waals surface area contributed by atoms with Crippen LogP contribution in [0.3, 0.4) is 0 Å². The number of benzene rings is 1. The predicted octanol–water partition coefficient (Wildman–Crippen LogP) is 5.20. The van der Waals surface area contributed by atoms with Crippen molar-refractivity contribution in [3.8, 4) is 0 Å². The van der Waals surface area contributed by atoms with Crippen LogP contribution in [0.2, 0.25) is 10.0 Å². The summed E-state index contributed by atoms with van der Waals surface area (Å²) < 4.78 is -1.65. The molecular formula is C8H2Cl6O. The number of halogens is 6. The lowest BCUT2D eigenvalue weighted by atomic mass is 10.1. The second-order valence-electron chi connectivity index (χ2n) is 2.59. The van der Waals surface area contributed by atoms with Crippen LogP contribution >= 0.6 is 69.6 Å². The SMILES string of the molecule is O=C(Cl)c1c(Cl)cc(C(Cl)(Cl)Cl)cc1Cl. The van der Waals surface area contributed by atoms with Gasteiger partial charge in [0.05, 0.1) is 15.6 Å². The minimum absolute atomic E-state index is 0.00185. The molecule has 0 unspecified atom stereocenters. The first-order valence-corrected chi connectivity index (χ1v) is 5.76. The zero-order valence-electron chi connectivity index (χ0n) is 6.83. The standard InChI is InChI=1S/C8H2Cl6O/c9-4-1-3(8(12,13)14)2-5(10)6(4)7(11)15/h1-2H. The van der Waals surface area contributed by atoms with Gasteiger partial charge < -0.3 is 0 Å². The monoisotopic (exact) mass is 324 g/mol. The molecule has 0 fully saturated rings. The fraction of sp³-hybridized carbons (Fsp3) is 0.125. The number of carbonyl (C=O) groups is 1. The maximum absolute atomic E-state index is 10.9. The topological polar surface area (TPSA) is 17.1 Å². The van der Waals surface area contributed by atoms with Gasteiger partial charge in [0.2, 0.25) is 3.79 Å². The Hall–Kier alpha value is 0.630. The molecule has 0 heterocycles. The predicted molar refractivity (Wildman–Crippen MR) is 65.9 cm³/mol. The molecule has 0 spiro atoms. The minimum Gasteiger partial charge on any atom is -0.275 e. The molecule has 1 rings (SSSR count). The third kappa shape index (κ3) is 3.29. The van der Waals surface area contributed by atoms with Gasteiger partial charge in [-0.15, -0.1) is 0 Å². The quantitative estimate of drug-likeness (QED) is 0.512. The van der Waals surface area contributed by atoms with Crippen LogP contribution in [0.4, 0.5) is 0 Å². The van der Waals surface area contributed by atoms with Gasteiger partial charge in [-0.3, -0.25) is 4.79 Å². The number of hydrogen-bond donors (Lipinski definition) is 0. The average Bonchev–Trinajstić information content (AvgIpc) is 1.99. The highest BCUT2D eigenvalue weighted by atomic mass is 35.6. The highest BCUT2D eigenvalue weighted by Crippen LogP contribution is 2.41. The normalized spacial score (nSPS) is 11.6. The van der Waals surface area contributed by atoms with Gasteiger partial charge in [-0.25, -0.2) is 0 Å². The van der Waals surface area contributed by atoms with Crippen molar-refractivity contribution in [2.75, 3.05) is 0 Å². The lowest BCUT2D eigenvalue weighted by Crippen LogP contribution is -2.02. The van der Waals surface area contributed by atoms with E-state index in [1.807, 2.05) is 0 Å². The molecule has 15 heavy (non-hydrogen) atoms. The van der Waals surface area contributed by atoms with Gasteiger partial charge in [0.1, 0.15) is 0 Å². The van der Waals surface area contributed by atoms with Crippen LogP contribution in [0.5, 0.6) is 0 Å². The zero-order chi connectivity index (χ0) is 11.8. The highest BCUT2D eigenvalue weighted by molar-refractivity contribution is 6.70. The minimum atomic E-state index is -1.65. The molecule has 82 valence electrons. The Morgan fingerprint density at radius 1 is 1.07 bits per heavy atom. The van der Waals surface area contributed by atoms with Gasteiger partial charge in [-0.05, 0) is 23.7 Å². The first-order valence-electron chi connectivity index (χ1n) is 3.49. The smallest absolute Gasteiger partial charge is 0.255 e. The van der Waals surface area contributed by atoms with E-state index in [0.717, 1.165) is 0 Å². The van der Waals surface area contributed by atoms with Gasteiger partial charge in [-0.2, -0.15) is 0 Å². The van der Waals surface area contributed by atoms with Crippen molar-refractivity contribution in [1.29, 1.82) is 0 Å². The molecule has 1 aromatic carbocycles. The summed E-state index contributed by atoms with van der Waals surface area (Å²) in [6.07, 6.45) is 0. The summed E-state index contributed by atoms with van der Waals surface area (Å²) in [4.78, 5) is 10.9. The Kier molecular flexibility index (Phi) is 4.44. The van der Waals surface area contributed by atoms with Crippen LogP contribution in [0.15, 0.2) is 12.1 Å². The molecule has 0 aliphatic carbocycles. The van der Waals surface area contributed by atoms with Gasteiger partial charge in [0.25, 0.3) is 5.24 Å². The maximum Gasteiger partial charge on any atom is 0.255 e. The van der Waals surface area contributed by atoms with Crippen LogP contribution in [-0.2, 0) is 3.79 Å². The van der Waals surface area contributed by atoms with Crippen molar-refractivity contribution >= 4 is 74.8 Å². The summed E-state index contributed by atoms with van der Waals surface area (Å²) in [5.41, 5.74) is 0.266. The summed E-state index contributed by atoms with van der Waals surface area (Å²) in [6, 6.07) is 2.66. The molecule has 1 aromatic rings. The third-order valence-electron chi connectivity index (χ3n) is 1.57. The van der Waals surface area contributed by atoms with Crippen LogP contribution in [0, 0.1) is 0 Å². The van der Waals surface area contributed by atoms with E-state index < -0.39 is 9.03 Å². The molecule has 7 heteroatoms. The van der Waals surface area contributed by atoms with Crippen molar-refractivity contribution in [2.24, 2.45) is 0 Å². The van der Waals surface area contributed by atoms with E-state index in [9.17, 15) is 4.79 Å². The van der Waals surface area contributed by atoms with Gasteiger partial charge in [-0.1, -0.05) is 58.0 Å². The molecule has 0 N–H and O–H groups in total. The summed E-state index contributed by atoms with van der Waals surface area (Å²) in [7, 11) is 0. The van der Waals surface area contributed by atoms with Gasteiger partial charge >= 0.3 is 0 Å². The van der Waals surface area contributed by atoms with Crippen LogP contribution < -0.4 is 0 Å². The van der Waals surface area contributed by atoms with E-state index in [-0.39, 0.29) is 21.2 Å². The number of rotatable bonds is 1. The van der Waals surface area contributed by atoms with E-state index >= 15 is 0 Å². The molecule has 0 atom stereocenters. The van der Waals surface area contributed by atoms with Gasteiger partial charge in [0.15, 0.2) is 0 Å². The van der Waals surface area contributed by atoms with Crippen molar-refractivity contribution < 1.29 is 4.79 Å². The highest BCUT2D eigenvalue weighted by Gasteiger charge is 2.26. The van der Waals surface area contributed by atoms with E-state index in [4.69, 9.17) is 69.6 Å². The third-order valence-corrected chi connectivity index (χ3v) is 3.01. The summed E-state index contributed by atoms with van der Waals surface area (Å²) >= 11 is 33.7. The van der Waals surface area contributed by atoms with Crippen LogP contribution in [0.1, 0.15) is 15.9 Å². The van der Waals surface area contributed by atoms with Crippen LogP contribution in [-0.4, -0.2) is 5.24 Å². The largest absolute Gasteiger partial charge is 0.275 e. The molecule has 0 amide bonds. The Bertz CT molecular complexity index is 385. The van der Waals surface area contributed by atoms with Crippen molar-refractivity contribution in [3.63, 3.8) is 0 Å². The Morgan fingerprint density at radius 2 is 1.47 bits per heavy atom. The maximum atomic E-state index is 10.9. The number of carbonyl (C=O) groups excluding carboxylic acids is 1. The first kappa shape index (κ1) is 13.7. The molecule has 0 saturated carbocycles. The Balaban J connectivity index is 3.39. The lowest BCUT2D eigenvalue weighted by Gasteiger charge is -2.13. The van der Waals surface area contributed by atoms with Crippen LogP contribution in [0.25, 0.3) is 0 Å². The Morgan fingerprint density at radius 3 is 1.73 bits per heavy atom. The van der Waals surface area contributed by atoms with Crippen molar-refractivity contribution in [2.45, 2.75) is 3.79 Å². The fourth-order valence-electron chi connectivity index (χ4n) is 0.925. The van der Waals surface area contributed by atoms with Crippen molar-refractivity contribution in [3.05, 3.63) is 33.3 Å². The Labute approximate surface area is 116 Å². The first-order chi connectivity index (χ1) is 6.73. The molecule has 0 bridgehead atoms. The molecular weight excluding hydrogens is 325 g/mol. The fourth-order valence-corrected chi connectivity index (χ4v) is 2.21. The van der Waals surface area contributed by atoms with E-state index in [2.05, 4.69) is 0 Å². The summed E-state index contributed by atoms with van der Waals surface area (Å²) in [5, 5.41) is -0.673. The van der Waals surface area contributed by atoms with Crippen molar-refractivity contribution in [1.82, 2.24) is 0 Å². The molecule has 0 saturated heterocycles. The lowest BCUT2D eigenvalue weighted by molar-refractivity contribution is 0.108. The second-order valence-corrected chi connectivity index (χ2v) is 6.03. The van der Waals surface area contributed by atoms with E-state index in [0.29, 0.717) is 0 Å². The number of alkyl halides is 3. The van der Waals surface area contributed by atoms with E-state index in [1.54, 1.807) is 0 Å². The van der Waals surface area contributed by atoms with Gasteiger partial charge in [0, 0.05) is 5.56 Å². The molecule has 0 aliphatic rings. The molecule has 1 nitrogen and oxygen atoms in total. The van der Waals surface area contributed by atoms with E-state index in [1.165, 1.54) is 12.1 Å². The summed E-state index contributed by atoms with van der Waals surface area (Å²) in [5.74, 6) is 0. The molecule has 0 radical (unpaired) electrons. The average molecular weight is 327 g/mol. The summed E-state index contributed by atoms with van der Waals surface area (Å²) in [6.45, 7) is 0. The molecule has 0 aliphatic heterocycles. The molecule has 0 aromatic heterocycles. The number of hydrogen-bond acceptors (Lipinski definition) is 1.